The summed E-state index contributed by atoms with van der Waals surface area (Å²) in [6.07, 6.45) is 5.36. The van der Waals surface area contributed by atoms with Crippen LogP contribution in [0.2, 0.25) is 0 Å². The first-order valence-electron chi connectivity index (χ1n) is 9.32. The highest BCUT2D eigenvalue weighted by molar-refractivity contribution is 7.16. The lowest BCUT2D eigenvalue weighted by Crippen LogP contribution is -2.13. The molecule has 0 unspecified atom stereocenters. The fourth-order valence-corrected chi connectivity index (χ4v) is 4.66. The molecule has 4 rings (SSSR count). The van der Waals surface area contributed by atoms with Gasteiger partial charge < -0.3 is 9.73 Å². The van der Waals surface area contributed by atoms with Gasteiger partial charge in [-0.15, -0.1) is 11.3 Å². The Balaban J connectivity index is 1.57. The maximum absolute atomic E-state index is 12.7. The average molecular weight is 399 g/mol. The zero-order valence-corrected chi connectivity index (χ0v) is 16.4. The molecule has 1 aliphatic rings. The number of anilines is 1. The van der Waals surface area contributed by atoms with E-state index in [1.54, 1.807) is 12.1 Å². The molecule has 5 nitrogen and oxygen atoms in total. The van der Waals surface area contributed by atoms with Gasteiger partial charge in [0.15, 0.2) is 0 Å². The van der Waals surface area contributed by atoms with Crippen LogP contribution in [0.3, 0.4) is 0 Å². The molecular weight excluding hydrogens is 382 g/mol. The van der Waals surface area contributed by atoms with Gasteiger partial charge in [0.25, 0.3) is 5.91 Å². The Labute approximate surface area is 172 Å². The molecule has 0 spiro atoms. The first-order valence-corrected chi connectivity index (χ1v) is 10.1. The molecule has 6 heteroatoms. The van der Waals surface area contributed by atoms with Crippen LogP contribution in [0.25, 0.3) is 17.4 Å². The minimum atomic E-state index is -0.541. The lowest BCUT2D eigenvalue weighted by Gasteiger charge is -2.09. The Bertz CT molecular complexity index is 1170. The van der Waals surface area contributed by atoms with Crippen molar-refractivity contribution in [1.29, 1.82) is 10.5 Å². The van der Waals surface area contributed by atoms with E-state index >= 15 is 0 Å². The molecule has 0 radical (unpaired) electrons. The molecule has 2 heterocycles. The van der Waals surface area contributed by atoms with Crippen molar-refractivity contribution in [3.05, 3.63) is 69.8 Å². The monoisotopic (exact) mass is 399 g/mol. The average Bonchev–Trinajstić information content (AvgIpc) is 3.36. The van der Waals surface area contributed by atoms with Crippen LogP contribution >= 0.6 is 11.3 Å². The molecule has 0 saturated carbocycles. The van der Waals surface area contributed by atoms with Gasteiger partial charge in [-0.1, -0.05) is 30.3 Å². The first-order chi connectivity index (χ1) is 14.2. The van der Waals surface area contributed by atoms with Gasteiger partial charge in [-0.2, -0.15) is 10.5 Å². The van der Waals surface area contributed by atoms with Crippen molar-refractivity contribution in [3.63, 3.8) is 0 Å². The highest BCUT2D eigenvalue weighted by Gasteiger charge is 2.22. The van der Waals surface area contributed by atoms with E-state index < -0.39 is 5.91 Å². The summed E-state index contributed by atoms with van der Waals surface area (Å²) in [5.74, 6) is 0.536. The summed E-state index contributed by atoms with van der Waals surface area (Å²) in [4.78, 5) is 13.8. The van der Waals surface area contributed by atoms with Crippen LogP contribution in [0.15, 0.2) is 52.5 Å². The van der Waals surface area contributed by atoms with E-state index in [4.69, 9.17) is 4.42 Å². The van der Waals surface area contributed by atoms with Crippen molar-refractivity contribution in [3.8, 4) is 23.5 Å². The van der Waals surface area contributed by atoms with Crippen molar-refractivity contribution in [2.75, 3.05) is 5.32 Å². The largest absolute Gasteiger partial charge is 0.457 e. The van der Waals surface area contributed by atoms with Crippen LogP contribution in [0, 0.1) is 22.7 Å². The second kappa shape index (κ2) is 8.18. The number of aryl methyl sites for hydroxylation is 1. The van der Waals surface area contributed by atoms with Gasteiger partial charge in [0.05, 0.1) is 5.56 Å². The molecule has 0 atom stereocenters. The molecular formula is C23H17N3O2S. The zero-order chi connectivity index (χ0) is 20.2. The molecule has 1 N–H and O–H groups in total. The number of hydrogen-bond donors (Lipinski definition) is 1. The zero-order valence-electron chi connectivity index (χ0n) is 15.6. The first kappa shape index (κ1) is 18.7. The minimum Gasteiger partial charge on any atom is -0.457 e. The van der Waals surface area contributed by atoms with E-state index in [0.29, 0.717) is 22.1 Å². The number of thiophene rings is 1. The number of rotatable bonds is 4. The summed E-state index contributed by atoms with van der Waals surface area (Å²) in [6.45, 7) is 0. The normalized spacial score (nSPS) is 13.2. The van der Waals surface area contributed by atoms with E-state index in [1.165, 1.54) is 17.4 Å². The van der Waals surface area contributed by atoms with Crippen LogP contribution in [-0.2, 0) is 17.6 Å². The highest BCUT2D eigenvalue weighted by Crippen LogP contribution is 2.37. The Hall–Kier alpha value is -3.61. The molecule has 3 aromatic rings. The van der Waals surface area contributed by atoms with Crippen molar-refractivity contribution >= 4 is 28.3 Å². The molecule has 1 aliphatic carbocycles. The van der Waals surface area contributed by atoms with Crippen LogP contribution < -0.4 is 5.32 Å². The summed E-state index contributed by atoms with van der Waals surface area (Å²) in [5, 5.41) is 22.3. The summed E-state index contributed by atoms with van der Waals surface area (Å²) in [5.41, 5.74) is 2.41. The molecule has 29 heavy (non-hydrogen) atoms. The third kappa shape index (κ3) is 3.85. The SMILES string of the molecule is N#CC(=Cc1ccc(-c2ccccc2)o1)C(=O)Nc1sc2c(c1C#N)CCCC2. The van der Waals surface area contributed by atoms with E-state index in [2.05, 4.69) is 11.4 Å². The number of nitrogens with one attached hydrogen (secondary N) is 1. The number of nitriles is 2. The van der Waals surface area contributed by atoms with E-state index in [0.717, 1.165) is 41.7 Å². The summed E-state index contributed by atoms with van der Waals surface area (Å²) < 4.78 is 5.76. The number of fused-ring (bicyclic) bond motifs is 1. The molecule has 1 aromatic carbocycles. The van der Waals surface area contributed by atoms with Crippen molar-refractivity contribution in [1.82, 2.24) is 0 Å². The molecule has 0 saturated heterocycles. The lowest BCUT2D eigenvalue weighted by molar-refractivity contribution is -0.112. The number of amides is 1. The summed E-state index contributed by atoms with van der Waals surface area (Å²) in [6, 6.07) is 17.3. The summed E-state index contributed by atoms with van der Waals surface area (Å²) >= 11 is 1.44. The predicted octanol–water partition coefficient (Wildman–Crippen LogP) is 5.30. The van der Waals surface area contributed by atoms with Crippen LogP contribution in [0.4, 0.5) is 5.00 Å². The van der Waals surface area contributed by atoms with Gasteiger partial charge in [-0.25, -0.2) is 0 Å². The van der Waals surface area contributed by atoms with E-state index in [-0.39, 0.29) is 5.57 Å². The number of furan rings is 1. The topological polar surface area (TPSA) is 89.8 Å². The maximum Gasteiger partial charge on any atom is 0.267 e. The highest BCUT2D eigenvalue weighted by atomic mass is 32.1. The molecule has 2 aromatic heterocycles. The number of carbonyl (C=O) groups is 1. The smallest absolute Gasteiger partial charge is 0.267 e. The quantitative estimate of drug-likeness (QED) is 0.476. The Morgan fingerprint density at radius 2 is 1.90 bits per heavy atom. The van der Waals surface area contributed by atoms with E-state index in [1.807, 2.05) is 36.4 Å². The fourth-order valence-electron chi connectivity index (χ4n) is 3.42. The number of benzene rings is 1. The standard InChI is InChI=1S/C23H17N3O2S/c24-13-16(12-17-10-11-20(28-17)15-6-2-1-3-7-15)22(27)26-23-19(14-25)18-8-4-5-9-21(18)29-23/h1-3,6-7,10-12H,4-5,8-9H2,(H,26,27). The molecule has 1 amide bonds. The number of nitrogens with zero attached hydrogens (tertiary/aromatic N) is 2. The Kier molecular flexibility index (Phi) is 5.29. The van der Waals surface area contributed by atoms with Gasteiger partial charge in [-0.3, -0.25) is 4.79 Å². The van der Waals surface area contributed by atoms with Crippen LogP contribution in [0.5, 0.6) is 0 Å². The van der Waals surface area contributed by atoms with Gasteiger partial charge >= 0.3 is 0 Å². The van der Waals surface area contributed by atoms with Gasteiger partial charge in [0, 0.05) is 16.5 Å². The van der Waals surface area contributed by atoms with Crippen LogP contribution in [-0.4, -0.2) is 5.91 Å². The molecule has 0 bridgehead atoms. The number of carbonyl (C=O) groups excluding carboxylic acids is 1. The van der Waals surface area contributed by atoms with Gasteiger partial charge in [-0.05, 0) is 43.4 Å². The maximum atomic E-state index is 12.7. The van der Waals surface area contributed by atoms with Crippen molar-refractivity contribution in [2.45, 2.75) is 25.7 Å². The Morgan fingerprint density at radius 1 is 1.10 bits per heavy atom. The van der Waals surface area contributed by atoms with Crippen molar-refractivity contribution < 1.29 is 9.21 Å². The fraction of sp³-hybridized carbons (Fsp3) is 0.174. The molecule has 0 aliphatic heterocycles. The summed E-state index contributed by atoms with van der Waals surface area (Å²) in [7, 11) is 0. The molecule has 0 fully saturated rings. The lowest BCUT2D eigenvalue weighted by atomic mass is 9.96. The van der Waals surface area contributed by atoms with Gasteiger partial charge in [0.2, 0.25) is 0 Å². The molecule has 142 valence electrons. The van der Waals surface area contributed by atoms with Gasteiger partial charge in [0.1, 0.15) is 34.2 Å². The third-order valence-corrected chi connectivity index (χ3v) is 6.05. The minimum absolute atomic E-state index is 0.0748. The van der Waals surface area contributed by atoms with Crippen molar-refractivity contribution in [2.24, 2.45) is 0 Å². The van der Waals surface area contributed by atoms with Crippen LogP contribution in [0.1, 0.15) is 34.6 Å². The number of hydrogen-bond acceptors (Lipinski definition) is 5. The predicted molar refractivity (Wildman–Crippen MR) is 112 cm³/mol. The Morgan fingerprint density at radius 3 is 2.66 bits per heavy atom. The third-order valence-electron chi connectivity index (χ3n) is 4.85. The second-order valence-corrected chi connectivity index (χ2v) is 7.82. The van der Waals surface area contributed by atoms with E-state index in [9.17, 15) is 15.3 Å². The second-order valence-electron chi connectivity index (χ2n) is 6.72.